The van der Waals surface area contributed by atoms with Crippen molar-refractivity contribution in [3.63, 3.8) is 0 Å². The van der Waals surface area contributed by atoms with E-state index < -0.39 is 0 Å². The van der Waals surface area contributed by atoms with Gasteiger partial charge in [0, 0.05) is 32.7 Å². The first-order valence-corrected chi connectivity index (χ1v) is 6.63. The molecule has 0 aromatic rings. The van der Waals surface area contributed by atoms with E-state index in [9.17, 15) is 0 Å². The van der Waals surface area contributed by atoms with Crippen LogP contribution in [0.3, 0.4) is 0 Å². The number of nitrogens with one attached hydrogen (secondary N) is 2. The second-order valence-corrected chi connectivity index (χ2v) is 5.68. The van der Waals surface area contributed by atoms with Gasteiger partial charge in [0.15, 0.2) is 5.96 Å². The van der Waals surface area contributed by atoms with Gasteiger partial charge in [-0.3, -0.25) is 9.89 Å². The number of hydrogen-bond acceptors (Lipinski definition) is 2. The zero-order chi connectivity index (χ0) is 12.9. The van der Waals surface area contributed by atoms with Crippen LogP contribution in [-0.4, -0.2) is 50.1 Å². The van der Waals surface area contributed by atoms with Crippen molar-refractivity contribution in [2.45, 2.75) is 39.2 Å². The number of rotatable bonds is 3. The topological polar surface area (TPSA) is 39.7 Å². The highest BCUT2D eigenvalue weighted by Crippen LogP contribution is 2.23. The lowest BCUT2D eigenvalue weighted by atomic mass is 9.93. The standard InChI is InChI=1S/C13H28N4/c1-11-7-6-8-17(9-11)13(2,3)10-16-12(14-4)15-5/h11H,6-10H2,1-5H3,(H2,14,15,16)/t11-/m1/s1. The number of likely N-dealkylation sites (tertiary alicyclic amines) is 1. The fraction of sp³-hybridized carbons (Fsp3) is 0.923. The predicted molar refractivity (Wildman–Crippen MR) is 74.5 cm³/mol. The van der Waals surface area contributed by atoms with Crippen LogP contribution in [0.15, 0.2) is 4.99 Å². The normalized spacial score (nSPS) is 23.6. The molecule has 0 aromatic carbocycles. The molecule has 4 nitrogen and oxygen atoms in total. The van der Waals surface area contributed by atoms with Gasteiger partial charge in [0.25, 0.3) is 0 Å². The van der Waals surface area contributed by atoms with Crippen molar-refractivity contribution in [2.75, 3.05) is 33.7 Å². The Morgan fingerprint density at radius 2 is 2.18 bits per heavy atom. The second kappa shape index (κ2) is 6.24. The fourth-order valence-electron chi connectivity index (χ4n) is 2.43. The zero-order valence-electron chi connectivity index (χ0n) is 12.0. The van der Waals surface area contributed by atoms with Crippen LogP contribution >= 0.6 is 0 Å². The summed E-state index contributed by atoms with van der Waals surface area (Å²) >= 11 is 0. The molecule has 0 unspecified atom stereocenters. The smallest absolute Gasteiger partial charge is 0.190 e. The molecule has 0 radical (unpaired) electrons. The van der Waals surface area contributed by atoms with Gasteiger partial charge in [-0.1, -0.05) is 6.92 Å². The molecule has 0 aromatic heterocycles. The summed E-state index contributed by atoms with van der Waals surface area (Å²) in [6.07, 6.45) is 2.70. The van der Waals surface area contributed by atoms with E-state index in [-0.39, 0.29) is 5.54 Å². The first-order chi connectivity index (χ1) is 7.99. The maximum atomic E-state index is 4.15. The van der Waals surface area contributed by atoms with Crippen molar-refractivity contribution in [2.24, 2.45) is 10.9 Å². The molecule has 1 atom stereocenters. The van der Waals surface area contributed by atoms with Gasteiger partial charge in [-0.15, -0.1) is 0 Å². The average molecular weight is 240 g/mol. The maximum absolute atomic E-state index is 4.15. The highest BCUT2D eigenvalue weighted by atomic mass is 15.2. The molecular weight excluding hydrogens is 212 g/mol. The van der Waals surface area contributed by atoms with Gasteiger partial charge in [0.2, 0.25) is 0 Å². The van der Waals surface area contributed by atoms with Crippen molar-refractivity contribution < 1.29 is 0 Å². The first kappa shape index (κ1) is 14.3. The Hall–Kier alpha value is -0.770. The van der Waals surface area contributed by atoms with Gasteiger partial charge in [0.05, 0.1) is 0 Å². The van der Waals surface area contributed by atoms with E-state index in [0.717, 1.165) is 18.4 Å². The molecule has 1 rings (SSSR count). The quantitative estimate of drug-likeness (QED) is 0.577. The van der Waals surface area contributed by atoms with Gasteiger partial charge >= 0.3 is 0 Å². The monoisotopic (exact) mass is 240 g/mol. The Balaban J connectivity index is 2.49. The molecule has 1 heterocycles. The molecule has 0 aliphatic carbocycles. The fourth-order valence-corrected chi connectivity index (χ4v) is 2.43. The maximum Gasteiger partial charge on any atom is 0.190 e. The van der Waals surface area contributed by atoms with Gasteiger partial charge in [-0.2, -0.15) is 0 Å². The second-order valence-electron chi connectivity index (χ2n) is 5.68. The van der Waals surface area contributed by atoms with E-state index in [2.05, 4.69) is 41.3 Å². The molecule has 1 fully saturated rings. The van der Waals surface area contributed by atoms with Crippen molar-refractivity contribution in [3.8, 4) is 0 Å². The van der Waals surface area contributed by atoms with Gasteiger partial charge in [-0.05, 0) is 39.2 Å². The molecule has 0 saturated carbocycles. The number of nitrogens with zero attached hydrogens (tertiary/aromatic N) is 2. The predicted octanol–water partition coefficient (Wildman–Crippen LogP) is 1.29. The highest BCUT2D eigenvalue weighted by Gasteiger charge is 2.29. The molecule has 4 heteroatoms. The Kier molecular flexibility index (Phi) is 5.25. The Bertz CT molecular complexity index is 260. The third kappa shape index (κ3) is 4.19. The minimum absolute atomic E-state index is 0.182. The zero-order valence-corrected chi connectivity index (χ0v) is 12.0. The van der Waals surface area contributed by atoms with Crippen molar-refractivity contribution >= 4 is 5.96 Å². The van der Waals surface area contributed by atoms with E-state index in [0.29, 0.717) is 0 Å². The summed E-state index contributed by atoms with van der Waals surface area (Å²) in [6.45, 7) is 10.3. The van der Waals surface area contributed by atoms with E-state index in [1.807, 2.05) is 7.05 Å². The third-order valence-corrected chi connectivity index (χ3v) is 3.66. The molecule has 17 heavy (non-hydrogen) atoms. The number of aliphatic imine (C=N–C) groups is 1. The van der Waals surface area contributed by atoms with Crippen LogP contribution in [0.1, 0.15) is 33.6 Å². The first-order valence-electron chi connectivity index (χ1n) is 6.63. The summed E-state index contributed by atoms with van der Waals surface area (Å²) in [7, 11) is 3.69. The lowest BCUT2D eigenvalue weighted by Gasteiger charge is -2.43. The van der Waals surface area contributed by atoms with Crippen molar-refractivity contribution in [3.05, 3.63) is 0 Å². The van der Waals surface area contributed by atoms with Crippen LogP contribution in [0.4, 0.5) is 0 Å². The van der Waals surface area contributed by atoms with Crippen molar-refractivity contribution in [1.82, 2.24) is 15.5 Å². The Labute approximate surface area is 106 Å². The Morgan fingerprint density at radius 3 is 2.71 bits per heavy atom. The van der Waals surface area contributed by atoms with Crippen LogP contribution in [0.5, 0.6) is 0 Å². The number of piperidine rings is 1. The molecule has 0 spiro atoms. The van der Waals surface area contributed by atoms with Gasteiger partial charge in [0.1, 0.15) is 0 Å². The summed E-state index contributed by atoms with van der Waals surface area (Å²) in [5, 5.41) is 6.43. The summed E-state index contributed by atoms with van der Waals surface area (Å²) in [5.74, 6) is 1.69. The molecule has 2 N–H and O–H groups in total. The largest absolute Gasteiger partial charge is 0.359 e. The van der Waals surface area contributed by atoms with Crippen LogP contribution in [0.2, 0.25) is 0 Å². The molecule has 1 aliphatic heterocycles. The number of guanidine groups is 1. The summed E-state index contributed by atoms with van der Waals surface area (Å²) in [6, 6.07) is 0. The van der Waals surface area contributed by atoms with Crippen LogP contribution in [0, 0.1) is 5.92 Å². The minimum atomic E-state index is 0.182. The van der Waals surface area contributed by atoms with Gasteiger partial charge in [-0.25, -0.2) is 0 Å². The molecule has 0 bridgehead atoms. The summed E-state index contributed by atoms with van der Waals surface area (Å²) in [4.78, 5) is 6.74. The van der Waals surface area contributed by atoms with E-state index in [1.165, 1.54) is 25.9 Å². The van der Waals surface area contributed by atoms with E-state index >= 15 is 0 Å². The molecular formula is C13H28N4. The minimum Gasteiger partial charge on any atom is -0.359 e. The SMILES string of the molecule is CN=C(NC)NCC(C)(C)N1CCC[C@@H](C)C1. The number of hydrogen-bond donors (Lipinski definition) is 2. The van der Waals surface area contributed by atoms with E-state index in [4.69, 9.17) is 0 Å². The molecule has 1 aliphatic rings. The Morgan fingerprint density at radius 1 is 1.47 bits per heavy atom. The van der Waals surface area contributed by atoms with Crippen LogP contribution < -0.4 is 10.6 Å². The van der Waals surface area contributed by atoms with E-state index in [1.54, 1.807) is 7.05 Å². The average Bonchev–Trinajstić information content (AvgIpc) is 2.30. The van der Waals surface area contributed by atoms with Crippen LogP contribution in [0.25, 0.3) is 0 Å². The lowest BCUT2D eigenvalue weighted by molar-refractivity contribution is 0.0740. The van der Waals surface area contributed by atoms with Gasteiger partial charge < -0.3 is 10.6 Å². The molecule has 100 valence electrons. The molecule has 1 saturated heterocycles. The summed E-state index contributed by atoms with van der Waals surface area (Å²) < 4.78 is 0. The lowest BCUT2D eigenvalue weighted by Crippen LogP contribution is -2.55. The summed E-state index contributed by atoms with van der Waals surface area (Å²) in [5.41, 5.74) is 0.182. The third-order valence-electron chi connectivity index (χ3n) is 3.66. The van der Waals surface area contributed by atoms with Crippen LogP contribution in [-0.2, 0) is 0 Å². The highest BCUT2D eigenvalue weighted by molar-refractivity contribution is 5.79. The molecule has 0 amide bonds. The van der Waals surface area contributed by atoms with Crippen molar-refractivity contribution in [1.29, 1.82) is 0 Å².